The third kappa shape index (κ3) is 2.32. The quantitative estimate of drug-likeness (QED) is 0.742. The molecule has 2 rings (SSSR count). The summed E-state index contributed by atoms with van der Waals surface area (Å²) < 4.78 is 5.31. The zero-order valence-corrected chi connectivity index (χ0v) is 9.04. The molecule has 16 heavy (non-hydrogen) atoms. The minimum atomic E-state index is -0.0675. The van der Waals surface area contributed by atoms with Crippen LogP contribution in [0.3, 0.4) is 0 Å². The second-order valence-corrected chi connectivity index (χ2v) is 3.77. The number of rotatable bonds is 3. The Morgan fingerprint density at radius 3 is 3.12 bits per heavy atom. The Balaban J connectivity index is 2.20. The van der Waals surface area contributed by atoms with Gasteiger partial charge in [0.15, 0.2) is 0 Å². The van der Waals surface area contributed by atoms with Gasteiger partial charge in [-0.05, 0) is 12.1 Å². The lowest BCUT2D eigenvalue weighted by Gasteiger charge is -2.36. The van der Waals surface area contributed by atoms with Crippen molar-refractivity contribution in [1.29, 1.82) is 0 Å². The van der Waals surface area contributed by atoms with Crippen molar-refractivity contribution in [2.45, 2.75) is 12.6 Å². The Morgan fingerprint density at radius 1 is 1.50 bits per heavy atom. The van der Waals surface area contributed by atoms with Crippen LogP contribution in [-0.2, 0) is 11.3 Å². The predicted octanol–water partition coefficient (Wildman–Crippen LogP) is -0.229. The Labute approximate surface area is 94.3 Å². The molecule has 5 nitrogen and oxygen atoms in total. The highest BCUT2D eigenvalue weighted by Gasteiger charge is 2.22. The smallest absolute Gasteiger partial charge is 0.0853 e. The molecule has 0 aliphatic carbocycles. The molecule has 1 aromatic heterocycles. The number of ether oxygens (including phenoxy) is 1. The number of aromatic nitrogens is 1. The molecule has 0 amide bonds. The summed E-state index contributed by atoms with van der Waals surface area (Å²) in [7, 11) is 0. The number of aliphatic hydroxyl groups is 2. The standard InChI is InChI=1S/C11H16N2O3/c14-6-9-5-10(1-2-12-9)13-3-4-16-8-11(13)7-15/h1-2,5,11,14-15H,3-4,6-8H2. The summed E-state index contributed by atoms with van der Waals surface area (Å²) in [4.78, 5) is 6.12. The van der Waals surface area contributed by atoms with E-state index in [-0.39, 0.29) is 19.3 Å². The topological polar surface area (TPSA) is 65.8 Å². The van der Waals surface area contributed by atoms with Crippen LogP contribution in [0.5, 0.6) is 0 Å². The van der Waals surface area contributed by atoms with Gasteiger partial charge in [-0.3, -0.25) is 4.98 Å². The van der Waals surface area contributed by atoms with Gasteiger partial charge in [0.25, 0.3) is 0 Å². The highest BCUT2D eigenvalue weighted by molar-refractivity contribution is 5.48. The van der Waals surface area contributed by atoms with Crippen LogP contribution in [0.4, 0.5) is 5.69 Å². The second-order valence-electron chi connectivity index (χ2n) is 3.77. The van der Waals surface area contributed by atoms with E-state index in [0.29, 0.717) is 18.9 Å². The molecular weight excluding hydrogens is 208 g/mol. The van der Waals surface area contributed by atoms with Crippen LogP contribution in [0.25, 0.3) is 0 Å². The summed E-state index contributed by atoms with van der Waals surface area (Å²) in [5.41, 5.74) is 1.61. The van der Waals surface area contributed by atoms with E-state index in [1.54, 1.807) is 6.20 Å². The first-order valence-corrected chi connectivity index (χ1v) is 5.36. The van der Waals surface area contributed by atoms with E-state index in [1.165, 1.54) is 0 Å². The lowest BCUT2D eigenvalue weighted by molar-refractivity contribution is 0.0727. The van der Waals surface area contributed by atoms with E-state index in [4.69, 9.17) is 9.84 Å². The first-order valence-electron chi connectivity index (χ1n) is 5.36. The van der Waals surface area contributed by atoms with Gasteiger partial charge in [-0.2, -0.15) is 0 Å². The van der Waals surface area contributed by atoms with Crippen molar-refractivity contribution in [3.63, 3.8) is 0 Å². The zero-order valence-electron chi connectivity index (χ0n) is 9.04. The summed E-state index contributed by atoms with van der Waals surface area (Å²) in [6.45, 7) is 1.94. The first kappa shape index (κ1) is 11.3. The zero-order chi connectivity index (χ0) is 11.4. The monoisotopic (exact) mass is 224 g/mol. The summed E-state index contributed by atoms with van der Waals surface area (Å²) in [6.07, 6.45) is 1.67. The normalized spacial score (nSPS) is 21.1. The lowest BCUT2D eigenvalue weighted by atomic mass is 10.2. The number of nitrogens with zero attached hydrogens (tertiary/aromatic N) is 2. The minimum absolute atomic E-state index is 0.0114. The maximum Gasteiger partial charge on any atom is 0.0853 e. The van der Waals surface area contributed by atoms with E-state index < -0.39 is 0 Å². The highest BCUT2D eigenvalue weighted by Crippen LogP contribution is 2.19. The van der Waals surface area contributed by atoms with Crippen molar-refractivity contribution in [3.8, 4) is 0 Å². The Bertz CT molecular complexity index is 346. The lowest BCUT2D eigenvalue weighted by Crippen LogP contribution is -2.47. The third-order valence-corrected chi connectivity index (χ3v) is 2.73. The maximum absolute atomic E-state index is 9.26. The molecule has 0 bridgehead atoms. The van der Waals surface area contributed by atoms with Gasteiger partial charge in [0.1, 0.15) is 0 Å². The molecule has 1 saturated heterocycles. The van der Waals surface area contributed by atoms with Crippen molar-refractivity contribution < 1.29 is 14.9 Å². The molecule has 1 aliphatic rings. The molecule has 5 heteroatoms. The summed E-state index contributed by atoms with van der Waals surface area (Å²) in [5, 5.41) is 18.3. The van der Waals surface area contributed by atoms with Gasteiger partial charge in [-0.15, -0.1) is 0 Å². The fourth-order valence-corrected chi connectivity index (χ4v) is 1.88. The van der Waals surface area contributed by atoms with Gasteiger partial charge in [0, 0.05) is 18.4 Å². The average Bonchev–Trinajstić information content (AvgIpc) is 2.38. The summed E-state index contributed by atoms with van der Waals surface area (Å²) in [5.74, 6) is 0. The van der Waals surface area contributed by atoms with E-state index >= 15 is 0 Å². The number of pyridine rings is 1. The minimum Gasteiger partial charge on any atom is -0.394 e. The van der Waals surface area contributed by atoms with Gasteiger partial charge >= 0.3 is 0 Å². The molecule has 1 unspecified atom stereocenters. The Morgan fingerprint density at radius 2 is 2.38 bits per heavy atom. The van der Waals surface area contributed by atoms with Crippen molar-refractivity contribution >= 4 is 5.69 Å². The summed E-state index contributed by atoms with van der Waals surface area (Å²) >= 11 is 0. The van der Waals surface area contributed by atoms with Crippen LogP contribution in [0.15, 0.2) is 18.3 Å². The summed E-state index contributed by atoms with van der Waals surface area (Å²) in [6, 6.07) is 3.71. The van der Waals surface area contributed by atoms with Crippen molar-refractivity contribution in [2.24, 2.45) is 0 Å². The maximum atomic E-state index is 9.26. The van der Waals surface area contributed by atoms with Gasteiger partial charge in [0.2, 0.25) is 0 Å². The van der Waals surface area contributed by atoms with Crippen LogP contribution < -0.4 is 4.90 Å². The molecule has 0 aromatic carbocycles. The fourth-order valence-electron chi connectivity index (χ4n) is 1.88. The van der Waals surface area contributed by atoms with Gasteiger partial charge in [-0.25, -0.2) is 0 Å². The Kier molecular flexibility index (Phi) is 3.71. The van der Waals surface area contributed by atoms with E-state index in [2.05, 4.69) is 9.88 Å². The molecular formula is C11H16N2O3. The van der Waals surface area contributed by atoms with Gasteiger partial charge < -0.3 is 19.8 Å². The fraction of sp³-hybridized carbons (Fsp3) is 0.545. The van der Waals surface area contributed by atoms with Crippen LogP contribution >= 0.6 is 0 Å². The highest BCUT2D eigenvalue weighted by atomic mass is 16.5. The van der Waals surface area contributed by atoms with E-state index in [9.17, 15) is 5.11 Å². The largest absolute Gasteiger partial charge is 0.394 e. The van der Waals surface area contributed by atoms with Crippen molar-refractivity contribution in [3.05, 3.63) is 24.0 Å². The molecule has 0 radical (unpaired) electrons. The molecule has 0 spiro atoms. The van der Waals surface area contributed by atoms with E-state index in [1.807, 2.05) is 12.1 Å². The molecule has 88 valence electrons. The van der Waals surface area contributed by atoms with Crippen LogP contribution in [-0.4, -0.2) is 47.6 Å². The number of hydrogen-bond acceptors (Lipinski definition) is 5. The molecule has 2 heterocycles. The molecule has 1 fully saturated rings. The Hall–Kier alpha value is -1.17. The van der Waals surface area contributed by atoms with Gasteiger partial charge in [-0.1, -0.05) is 0 Å². The van der Waals surface area contributed by atoms with Crippen LogP contribution in [0.2, 0.25) is 0 Å². The van der Waals surface area contributed by atoms with Crippen molar-refractivity contribution in [2.75, 3.05) is 31.3 Å². The number of hydrogen-bond donors (Lipinski definition) is 2. The van der Waals surface area contributed by atoms with Crippen LogP contribution in [0, 0.1) is 0 Å². The third-order valence-electron chi connectivity index (χ3n) is 2.73. The van der Waals surface area contributed by atoms with E-state index in [0.717, 1.165) is 12.2 Å². The SMILES string of the molecule is OCc1cc(N2CCOCC2CO)ccn1. The average molecular weight is 224 g/mol. The number of anilines is 1. The molecule has 2 N–H and O–H groups in total. The second kappa shape index (κ2) is 5.25. The predicted molar refractivity (Wildman–Crippen MR) is 59.2 cm³/mol. The van der Waals surface area contributed by atoms with Crippen molar-refractivity contribution in [1.82, 2.24) is 4.98 Å². The number of aliphatic hydroxyl groups excluding tert-OH is 2. The molecule has 1 aliphatic heterocycles. The first-order chi connectivity index (χ1) is 7.85. The van der Waals surface area contributed by atoms with Crippen LogP contribution in [0.1, 0.15) is 5.69 Å². The molecule has 1 atom stereocenters. The molecule has 0 saturated carbocycles. The number of morpholine rings is 1. The molecule has 1 aromatic rings. The van der Waals surface area contributed by atoms with Gasteiger partial charge in [0.05, 0.1) is 38.2 Å².